The van der Waals surface area contributed by atoms with Gasteiger partial charge < -0.3 is 5.32 Å². The fourth-order valence-corrected chi connectivity index (χ4v) is 3.81. The quantitative estimate of drug-likeness (QED) is 0.498. The lowest BCUT2D eigenvalue weighted by Gasteiger charge is -2.14. The molecule has 0 aliphatic rings. The van der Waals surface area contributed by atoms with E-state index in [0.717, 1.165) is 22.2 Å². The van der Waals surface area contributed by atoms with Crippen LogP contribution in [-0.4, -0.2) is 15.0 Å². The lowest BCUT2D eigenvalue weighted by atomic mass is 10.0. The van der Waals surface area contributed by atoms with Crippen LogP contribution in [0.15, 0.2) is 83.7 Å². The van der Waals surface area contributed by atoms with Gasteiger partial charge in [-0.25, -0.2) is 4.79 Å². The van der Waals surface area contributed by atoms with Crippen molar-refractivity contribution in [3.05, 3.63) is 89.3 Å². The van der Waals surface area contributed by atoms with Gasteiger partial charge in [0.25, 0.3) is 0 Å². The van der Waals surface area contributed by atoms with Crippen molar-refractivity contribution in [2.45, 2.75) is 32.9 Å². The number of carbonyl (C=O) groups is 1. The molecule has 5 heteroatoms. The van der Waals surface area contributed by atoms with Crippen LogP contribution in [-0.2, 0) is 4.79 Å². The Labute approximate surface area is 175 Å². The first kappa shape index (κ1) is 19.7. The summed E-state index contributed by atoms with van der Waals surface area (Å²) in [7, 11) is 0. The van der Waals surface area contributed by atoms with E-state index in [1.165, 1.54) is 0 Å². The van der Waals surface area contributed by atoms with Gasteiger partial charge in [0, 0.05) is 11.7 Å². The SMILES string of the molecule is CC(C)n1c(=O)n(C(C)C(=O)Nc2ccccc2)c2cc(-c3ccccc3)ccc21. The number of para-hydroxylation sites is 1. The molecular formula is C25H25N3O2. The van der Waals surface area contributed by atoms with Gasteiger partial charge in [-0.15, -0.1) is 0 Å². The largest absolute Gasteiger partial charge is 0.330 e. The van der Waals surface area contributed by atoms with Crippen LogP contribution < -0.4 is 11.0 Å². The monoisotopic (exact) mass is 399 g/mol. The molecule has 3 aromatic carbocycles. The number of aromatic nitrogens is 2. The van der Waals surface area contributed by atoms with Crippen molar-refractivity contribution in [2.75, 3.05) is 5.32 Å². The minimum Gasteiger partial charge on any atom is -0.324 e. The average molecular weight is 399 g/mol. The molecule has 0 aliphatic heterocycles. The van der Waals surface area contributed by atoms with Crippen LogP contribution in [0.3, 0.4) is 0 Å². The third-order valence-electron chi connectivity index (χ3n) is 5.34. The molecule has 0 radical (unpaired) electrons. The summed E-state index contributed by atoms with van der Waals surface area (Å²) in [5, 5.41) is 2.91. The van der Waals surface area contributed by atoms with Crippen molar-refractivity contribution in [1.82, 2.24) is 9.13 Å². The average Bonchev–Trinajstić information content (AvgIpc) is 3.05. The van der Waals surface area contributed by atoms with E-state index >= 15 is 0 Å². The molecule has 1 amide bonds. The Bertz CT molecular complexity index is 1240. The zero-order valence-electron chi connectivity index (χ0n) is 17.4. The van der Waals surface area contributed by atoms with Gasteiger partial charge in [0.15, 0.2) is 0 Å². The van der Waals surface area contributed by atoms with Gasteiger partial charge in [-0.3, -0.25) is 13.9 Å². The first-order chi connectivity index (χ1) is 14.5. The van der Waals surface area contributed by atoms with E-state index in [1.807, 2.05) is 92.7 Å². The lowest BCUT2D eigenvalue weighted by molar-refractivity contribution is -0.118. The van der Waals surface area contributed by atoms with Crippen LogP contribution in [0.2, 0.25) is 0 Å². The maximum absolute atomic E-state index is 13.3. The number of fused-ring (bicyclic) bond motifs is 1. The molecule has 1 N–H and O–H groups in total. The Morgan fingerprint density at radius 2 is 1.40 bits per heavy atom. The molecule has 0 saturated heterocycles. The van der Waals surface area contributed by atoms with Crippen molar-refractivity contribution in [1.29, 1.82) is 0 Å². The van der Waals surface area contributed by atoms with Crippen LogP contribution in [0.1, 0.15) is 32.9 Å². The highest BCUT2D eigenvalue weighted by atomic mass is 16.2. The van der Waals surface area contributed by atoms with Crippen molar-refractivity contribution in [3.8, 4) is 11.1 Å². The van der Waals surface area contributed by atoms with E-state index in [1.54, 1.807) is 16.1 Å². The fourth-order valence-electron chi connectivity index (χ4n) is 3.81. The summed E-state index contributed by atoms with van der Waals surface area (Å²) in [6.07, 6.45) is 0. The highest BCUT2D eigenvalue weighted by molar-refractivity contribution is 5.95. The zero-order valence-corrected chi connectivity index (χ0v) is 17.4. The van der Waals surface area contributed by atoms with Gasteiger partial charge >= 0.3 is 5.69 Å². The molecule has 1 aromatic heterocycles. The van der Waals surface area contributed by atoms with Gasteiger partial charge in [0.2, 0.25) is 5.91 Å². The first-order valence-corrected chi connectivity index (χ1v) is 10.1. The van der Waals surface area contributed by atoms with Crippen LogP contribution >= 0.6 is 0 Å². The minimum absolute atomic E-state index is 0.0202. The maximum Gasteiger partial charge on any atom is 0.330 e. The Morgan fingerprint density at radius 1 is 0.767 bits per heavy atom. The number of nitrogens with zero attached hydrogens (tertiary/aromatic N) is 2. The fraction of sp³-hybridized carbons (Fsp3) is 0.200. The van der Waals surface area contributed by atoms with Gasteiger partial charge in [0.1, 0.15) is 6.04 Å². The van der Waals surface area contributed by atoms with Crippen LogP contribution in [0, 0.1) is 0 Å². The third-order valence-corrected chi connectivity index (χ3v) is 5.34. The summed E-state index contributed by atoms with van der Waals surface area (Å²) in [6, 6.07) is 24.6. The van der Waals surface area contributed by atoms with Crippen molar-refractivity contribution < 1.29 is 4.79 Å². The smallest absolute Gasteiger partial charge is 0.324 e. The normalized spacial score (nSPS) is 12.3. The molecular weight excluding hydrogens is 374 g/mol. The number of hydrogen-bond acceptors (Lipinski definition) is 2. The van der Waals surface area contributed by atoms with E-state index in [2.05, 4.69) is 5.32 Å². The Kier molecular flexibility index (Phi) is 5.27. The number of carbonyl (C=O) groups excluding carboxylic acids is 1. The molecule has 152 valence electrons. The molecule has 1 heterocycles. The molecule has 5 nitrogen and oxygen atoms in total. The van der Waals surface area contributed by atoms with Crippen LogP contribution in [0.25, 0.3) is 22.2 Å². The Morgan fingerprint density at radius 3 is 2.03 bits per heavy atom. The number of nitrogens with one attached hydrogen (secondary N) is 1. The van der Waals surface area contributed by atoms with E-state index < -0.39 is 6.04 Å². The van der Waals surface area contributed by atoms with Gasteiger partial charge in [0.05, 0.1) is 11.0 Å². The van der Waals surface area contributed by atoms with Gasteiger partial charge in [-0.2, -0.15) is 0 Å². The second-order valence-electron chi connectivity index (χ2n) is 7.72. The number of amides is 1. The van der Waals surface area contributed by atoms with E-state index in [4.69, 9.17) is 0 Å². The molecule has 1 unspecified atom stereocenters. The molecule has 0 spiro atoms. The topological polar surface area (TPSA) is 56.0 Å². The zero-order chi connectivity index (χ0) is 21.3. The maximum atomic E-state index is 13.3. The van der Waals surface area contributed by atoms with Crippen molar-refractivity contribution >= 4 is 22.6 Å². The summed E-state index contributed by atoms with van der Waals surface area (Å²) in [5.41, 5.74) is 4.19. The van der Waals surface area contributed by atoms with Crippen LogP contribution in [0.5, 0.6) is 0 Å². The number of imidazole rings is 1. The van der Waals surface area contributed by atoms with E-state index in [9.17, 15) is 9.59 Å². The predicted octanol–water partition coefficient (Wildman–Crippen LogP) is 5.25. The summed E-state index contributed by atoms with van der Waals surface area (Å²) in [5.74, 6) is -0.226. The summed E-state index contributed by atoms with van der Waals surface area (Å²) < 4.78 is 3.34. The number of anilines is 1. The third kappa shape index (κ3) is 3.54. The van der Waals surface area contributed by atoms with Gasteiger partial charge in [-0.1, -0.05) is 54.6 Å². The molecule has 4 rings (SSSR count). The first-order valence-electron chi connectivity index (χ1n) is 10.1. The predicted molar refractivity (Wildman–Crippen MR) is 122 cm³/mol. The number of rotatable bonds is 5. The van der Waals surface area contributed by atoms with Crippen molar-refractivity contribution in [3.63, 3.8) is 0 Å². The molecule has 1 atom stereocenters. The molecule has 30 heavy (non-hydrogen) atoms. The van der Waals surface area contributed by atoms with E-state index in [0.29, 0.717) is 5.69 Å². The van der Waals surface area contributed by atoms with Crippen molar-refractivity contribution in [2.24, 2.45) is 0 Å². The molecule has 4 aromatic rings. The Hall–Kier alpha value is -3.60. The summed E-state index contributed by atoms with van der Waals surface area (Å²) >= 11 is 0. The second kappa shape index (κ2) is 8.03. The number of benzene rings is 3. The standard InChI is InChI=1S/C25H25N3O2/c1-17(2)27-22-15-14-20(19-10-6-4-7-11-19)16-23(22)28(25(27)30)18(3)24(29)26-21-12-8-5-9-13-21/h4-18H,1-3H3,(H,26,29). The summed E-state index contributed by atoms with van der Waals surface area (Å²) in [4.78, 5) is 26.3. The summed E-state index contributed by atoms with van der Waals surface area (Å²) in [6.45, 7) is 5.72. The Balaban J connectivity index is 1.83. The molecule has 0 bridgehead atoms. The highest BCUT2D eigenvalue weighted by Gasteiger charge is 2.24. The molecule has 0 fully saturated rings. The van der Waals surface area contributed by atoms with Crippen LogP contribution in [0.4, 0.5) is 5.69 Å². The lowest BCUT2D eigenvalue weighted by Crippen LogP contribution is -2.33. The second-order valence-corrected chi connectivity index (χ2v) is 7.72. The van der Waals surface area contributed by atoms with E-state index in [-0.39, 0.29) is 17.6 Å². The number of hydrogen-bond donors (Lipinski definition) is 1. The molecule has 0 aliphatic carbocycles. The van der Waals surface area contributed by atoms with Gasteiger partial charge in [-0.05, 0) is 56.2 Å². The minimum atomic E-state index is -0.661. The highest BCUT2D eigenvalue weighted by Crippen LogP contribution is 2.27. The molecule has 0 saturated carbocycles.